The molecule has 144 valence electrons. The Hall–Kier alpha value is -2.72. The number of aromatic nitrogens is 2. The van der Waals surface area contributed by atoms with Crippen molar-refractivity contribution in [3.8, 4) is 0 Å². The average molecular weight is 390 g/mol. The Bertz CT molecular complexity index is 880. The van der Waals surface area contributed by atoms with E-state index in [9.17, 15) is 13.2 Å². The molecule has 2 heterocycles. The molecule has 0 bridgehead atoms. The second-order valence-corrected chi connectivity index (χ2v) is 7.80. The molecular formula is C17H22N6O3S. The van der Waals surface area contributed by atoms with Crippen LogP contribution >= 0.6 is 0 Å². The van der Waals surface area contributed by atoms with Crippen molar-refractivity contribution in [1.29, 1.82) is 0 Å². The first kappa shape index (κ1) is 19.1. The summed E-state index contributed by atoms with van der Waals surface area (Å²) < 4.78 is 22.5. The average Bonchev–Trinajstić information content (AvgIpc) is 2.68. The van der Waals surface area contributed by atoms with E-state index in [0.29, 0.717) is 45.1 Å². The number of hydrogen-bond donors (Lipinski definition) is 2. The number of benzene rings is 1. The maximum atomic E-state index is 11.3. The number of nitrogens with one attached hydrogen (secondary N) is 1. The molecule has 1 fully saturated rings. The standard InChI is InChI=1S/C17H22N6O3S/c18-27(25,26)15-3-1-14(2-4-15)5-7-19-16-6-8-20-17(21-16)23-11-9-22(13-24)10-12-23/h1-4,6,8,13H,5,7,9-12H2,(H2,18,25,26)(H,19,20,21). The van der Waals surface area contributed by atoms with Gasteiger partial charge in [0.1, 0.15) is 5.82 Å². The summed E-state index contributed by atoms with van der Waals surface area (Å²) in [6, 6.07) is 8.31. The summed E-state index contributed by atoms with van der Waals surface area (Å²) in [5.74, 6) is 1.36. The first-order valence-electron chi connectivity index (χ1n) is 8.59. The summed E-state index contributed by atoms with van der Waals surface area (Å²) in [6.45, 7) is 3.39. The van der Waals surface area contributed by atoms with Crippen LogP contribution in [0.25, 0.3) is 0 Å². The predicted octanol–water partition coefficient (Wildman–Crippen LogP) is 0.0570. The van der Waals surface area contributed by atoms with Gasteiger partial charge in [-0.1, -0.05) is 12.1 Å². The lowest BCUT2D eigenvalue weighted by atomic mass is 10.1. The lowest BCUT2D eigenvalue weighted by Gasteiger charge is -2.32. The van der Waals surface area contributed by atoms with Crippen LogP contribution in [0.2, 0.25) is 0 Å². The van der Waals surface area contributed by atoms with E-state index in [-0.39, 0.29) is 4.90 Å². The Labute approximate surface area is 158 Å². The van der Waals surface area contributed by atoms with Gasteiger partial charge >= 0.3 is 0 Å². The molecule has 0 radical (unpaired) electrons. The van der Waals surface area contributed by atoms with Crippen molar-refractivity contribution in [2.45, 2.75) is 11.3 Å². The Morgan fingerprint density at radius 2 is 1.81 bits per heavy atom. The van der Waals surface area contributed by atoms with Gasteiger partial charge in [-0.05, 0) is 30.2 Å². The number of amides is 1. The van der Waals surface area contributed by atoms with Crippen molar-refractivity contribution in [2.75, 3.05) is 42.9 Å². The molecule has 27 heavy (non-hydrogen) atoms. The molecule has 1 amide bonds. The number of sulfonamides is 1. The SMILES string of the molecule is NS(=O)(=O)c1ccc(CCNc2ccnc(N3CCN(C=O)CC3)n2)cc1. The van der Waals surface area contributed by atoms with Crippen molar-refractivity contribution in [2.24, 2.45) is 5.14 Å². The van der Waals surface area contributed by atoms with Crippen LogP contribution in [0.4, 0.5) is 11.8 Å². The summed E-state index contributed by atoms with van der Waals surface area (Å²) in [7, 11) is -3.66. The summed E-state index contributed by atoms with van der Waals surface area (Å²) in [4.78, 5) is 23.5. The fraction of sp³-hybridized carbons (Fsp3) is 0.353. The molecule has 10 heteroatoms. The van der Waals surface area contributed by atoms with E-state index in [1.807, 2.05) is 0 Å². The number of nitrogens with zero attached hydrogens (tertiary/aromatic N) is 4. The van der Waals surface area contributed by atoms with Crippen LogP contribution in [0, 0.1) is 0 Å². The van der Waals surface area contributed by atoms with E-state index < -0.39 is 10.0 Å². The van der Waals surface area contributed by atoms with Crippen LogP contribution in [0.15, 0.2) is 41.4 Å². The lowest BCUT2D eigenvalue weighted by molar-refractivity contribution is -0.118. The van der Waals surface area contributed by atoms with Crippen molar-refractivity contribution < 1.29 is 13.2 Å². The number of nitrogens with two attached hydrogens (primary N) is 1. The van der Waals surface area contributed by atoms with E-state index >= 15 is 0 Å². The molecule has 9 nitrogen and oxygen atoms in total. The monoisotopic (exact) mass is 390 g/mol. The third-order valence-electron chi connectivity index (χ3n) is 4.36. The highest BCUT2D eigenvalue weighted by molar-refractivity contribution is 7.89. The number of piperazine rings is 1. The smallest absolute Gasteiger partial charge is 0.238 e. The van der Waals surface area contributed by atoms with Gasteiger partial charge in [0.15, 0.2) is 0 Å². The molecular weight excluding hydrogens is 368 g/mol. The number of carbonyl (C=O) groups excluding carboxylic acids is 1. The van der Waals surface area contributed by atoms with Crippen molar-refractivity contribution in [3.63, 3.8) is 0 Å². The molecule has 1 aromatic heterocycles. The zero-order valence-corrected chi connectivity index (χ0v) is 15.6. The van der Waals surface area contributed by atoms with Gasteiger partial charge in [-0.2, -0.15) is 4.98 Å². The molecule has 0 spiro atoms. The molecule has 2 aromatic rings. The number of primary sulfonamides is 1. The van der Waals surface area contributed by atoms with Gasteiger partial charge in [0, 0.05) is 38.9 Å². The highest BCUT2D eigenvalue weighted by atomic mass is 32.2. The Balaban J connectivity index is 1.53. The fourth-order valence-electron chi connectivity index (χ4n) is 2.81. The molecule has 3 N–H and O–H groups in total. The zero-order valence-electron chi connectivity index (χ0n) is 14.8. The molecule has 0 aliphatic carbocycles. The Morgan fingerprint density at radius 1 is 1.11 bits per heavy atom. The molecule has 1 aromatic carbocycles. The van der Waals surface area contributed by atoms with Crippen molar-refractivity contribution in [1.82, 2.24) is 14.9 Å². The van der Waals surface area contributed by atoms with Gasteiger partial charge in [0.25, 0.3) is 0 Å². The predicted molar refractivity (Wildman–Crippen MR) is 102 cm³/mol. The maximum Gasteiger partial charge on any atom is 0.238 e. The van der Waals surface area contributed by atoms with Crippen LogP contribution in [0.5, 0.6) is 0 Å². The first-order chi connectivity index (χ1) is 13.0. The Morgan fingerprint density at radius 3 is 2.44 bits per heavy atom. The quantitative estimate of drug-likeness (QED) is 0.641. The second kappa shape index (κ2) is 8.31. The normalized spacial score (nSPS) is 14.9. The fourth-order valence-corrected chi connectivity index (χ4v) is 3.32. The first-order valence-corrected chi connectivity index (χ1v) is 10.1. The van der Waals surface area contributed by atoms with Gasteiger partial charge < -0.3 is 15.1 Å². The lowest BCUT2D eigenvalue weighted by Crippen LogP contribution is -2.46. The molecule has 1 aliphatic heterocycles. The Kier molecular flexibility index (Phi) is 5.87. The number of rotatable bonds is 7. The van der Waals surface area contributed by atoms with Crippen LogP contribution in [-0.4, -0.2) is 62.4 Å². The van der Waals surface area contributed by atoms with Gasteiger partial charge in [-0.15, -0.1) is 0 Å². The molecule has 3 rings (SSSR count). The van der Waals surface area contributed by atoms with Crippen molar-refractivity contribution in [3.05, 3.63) is 42.1 Å². The minimum Gasteiger partial charge on any atom is -0.370 e. The molecule has 0 saturated carbocycles. The summed E-state index contributed by atoms with van der Waals surface area (Å²) >= 11 is 0. The maximum absolute atomic E-state index is 11.3. The zero-order chi connectivity index (χ0) is 19.3. The number of hydrogen-bond acceptors (Lipinski definition) is 7. The van der Waals surface area contributed by atoms with Gasteiger partial charge in [-0.25, -0.2) is 18.5 Å². The van der Waals surface area contributed by atoms with Crippen LogP contribution in [0.1, 0.15) is 5.56 Å². The topological polar surface area (TPSA) is 122 Å². The second-order valence-electron chi connectivity index (χ2n) is 6.24. The van der Waals surface area contributed by atoms with Crippen LogP contribution in [0.3, 0.4) is 0 Å². The van der Waals surface area contributed by atoms with Crippen LogP contribution < -0.4 is 15.4 Å². The number of carbonyl (C=O) groups is 1. The molecule has 1 saturated heterocycles. The molecule has 0 unspecified atom stereocenters. The van der Waals surface area contributed by atoms with Crippen LogP contribution in [-0.2, 0) is 21.2 Å². The largest absolute Gasteiger partial charge is 0.370 e. The summed E-state index contributed by atoms with van der Waals surface area (Å²) in [5.41, 5.74) is 0.995. The van der Waals surface area contributed by atoms with E-state index in [1.165, 1.54) is 12.1 Å². The summed E-state index contributed by atoms with van der Waals surface area (Å²) in [5, 5.41) is 8.35. The van der Waals surface area contributed by atoms with E-state index in [0.717, 1.165) is 17.8 Å². The highest BCUT2D eigenvalue weighted by Gasteiger charge is 2.17. The van der Waals surface area contributed by atoms with Crippen molar-refractivity contribution >= 4 is 28.2 Å². The van der Waals surface area contributed by atoms with Gasteiger partial charge in [0.05, 0.1) is 4.90 Å². The van der Waals surface area contributed by atoms with Gasteiger partial charge in [0.2, 0.25) is 22.4 Å². The van der Waals surface area contributed by atoms with E-state index in [4.69, 9.17) is 5.14 Å². The molecule has 0 atom stereocenters. The van der Waals surface area contributed by atoms with E-state index in [2.05, 4.69) is 20.2 Å². The molecule has 1 aliphatic rings. The highest BCUT2D eigenvalue weighted by Crippen LogP contribution is 2.14. The third kappa shape index (κ3) is 5.14. The third-order valence-corrected chi connectivity index (χ3v) is 5.29. The minimum atomic E-state index is -3.66. The van der Waals surface area contributed by atoms with Gasteiger partial charge in [-0.3, -0.25) is 4.79 Å². The van der Waals surface area contributed by atoms with E-state index in [1.54, 1.807) is 29.3 Å². The number of anilines is 2. The minimum absolute atomic E-state index is 0.106. The summed E-state index contributed by atoms with van der Waals surface area (Å²) in [6.07, 6.45) is 3.28.